The highest BCUT2D eigenvalue weighted by Crippen LogP contribution is 2.30. The molecule has 0 amide bonds. The van der Waals surface area contributed by atoms with Crippen LogP contribution in [0.1, 0.15) is 54.4 Å². The molecule has 1 aliphatic rings. The Labute approximate surface area is 126 Å². The van der Waals surface area contributed by atoms with E-state index in [1.807, 2.05) is 0 Å². The maximum absolute atomic E-state index is 2.67. The first-order valence-electron chi connectivity index (χ1n) is 8.79. The van der Waals surface area contributed by atoms with Gasteiger partial charge in [-0.3, -0.25) is 9.80 Å². The van der Waals surface area contributed by atoms with Gasteiger partial charge >= 0.3 is 0 Å². The minimum absolute atomic E-state index is 0.669. The highest BCUT2D eigenvalue weighted by Gasteiger charge is 2.58. The summed E-state index contributed by atoms with van der Waals surface area (Å²) in [6.45, 7) is 20.9. The number of likely N-dealkylation sites (N-methyl/N-ethyl adjacent to an activating group) is 2. The van der Waals surface area contributed by atoms with Crippen LogP contribution in [0.4, 0.5) is 0 Å². The lowest BCUT2D eigenvalue weighted by molar-refractivity contribution is -0.527. The molecule has 1 saturated carbocycles. The molecule has 3 heteroatoms. The lowest BCUT2D eigenvalue weighted by Gasteiger charge is -2.20. The van der Waals surface area contributed by atoms with E-state index in [4.69, 9.17) is 0 Å². The first-order valence-corrected chi connectivity index (χ1v) is 8.79. The maximum atomic E-state index is 2.67. The molecule has 0 heterocycles. The molecule has 1 rings (SSSR count). The van der Waals surface area contributed by atoms with E-state index >= 15 is 0 Å². The van der Waals surface area contributed by atoms with E-state index < -0.39 is 0 Å². The molecule has 0 saturated heterocycles. The highest BCUT2D eigenvalue weighted by molar-refractivity contribution is 6.08. The second kappa shape index (κ2) is 8.78. The second-order valence-electron chi connectivity index (χ2n) is 5.74. The van der Waals surface area contributed by atoms with Crippen LogP contribution in [0.2, 0.25) is 0 Å². The molecule has 1 fully saturated rings. The van der Waals surface area contributed by atoms with Crippen LogP contribution in [0.5, 0.6) is 0 Å². The predicted molar refractivity (Wildman–Crippen MR) is 89.0 cm³/mol. The molecular weight excluding hydrogens is 246 g/mol. The molecule has 2 unspecified atom stereocenters. The third-order valence-electron chi connectivity index (χ3n) is 4.56. The molecule has 2 atom stereocenters. The van der Waals surface area contributed by atoms with E-state index in [-0.39, 0.29) is 0 Å². The van der Waals surface area contributed by atoms with Crippen molar-refractivity contribution in [3.8, 4) is 0 Å². The number of rotatable bonds is 10. The normalized spacial score (nSPS) is 21.9. The molecule has 0 radical (unpaired) electrons. The molecule has 0 aromatic rings. The molecule has 0 spiro atoms. The molecule has 0 bridgehead atoms. The van der Waals surface area contributed by atoms with Crippen molar-refractivity contribution in [2.24, 2.45) is 0 Å². The van der Waals surface area contributed by atoms with Gasteiger partial charge in [-0.15, -0.1) is 0 Å². The summed E-state index contributed by atoms with van der Waals surface area (Å²) in [5.41, 5.74) is 1.70. The Hall–Kier alpha value is -0.410. The van der Waals surface area contributed by atoms with Gasteiger partial charge in [-0.2, -0.15) is 0 Å². The van der Waals surface area contributed by atoms with E-state index in [0.29, 0.717) is 12.1 Å². The van der Waals surface area contributed by atoms with E-state index in [1.54, 1.807) is 5.71 Å². The SMILES string of the molecule is CCC[N+](CCC)=C1C(N(CC)CC)C1N(CC)CC. The molecule has 3 nitrogen and oxygen atoms in total. The Morgan fingerprint density at radius 3 is 1.30 bits per heavy atom. The highest BCUT2D eigenvalue weighted by atomic mass is 15.3. The minimum Gasteiger partial charge on any atom is -0.290 e. The summed E-state index contributed by atoms with van der Waals surface area (Å²) in [7, 11) is 0. The van der Waals surface area contributed by atoms with E-state index in [0.717, 1.165) is 26.2 Å². The maximum Gasteiger partial charge on any atom is 0.191 e. The Balaban J connectivity index is 3.01. The van der Waals surface area contributed by atoms with Gasteiger partial charge in [0.15, 0.2) is 5.71 Å². The summed E-state index contributed by atoms with van der Waals surface area (Å²) < 4.78 is 2.67. The van der Waals surface area contributed by atoms with Crippen molar-refractivity contribution in [2.75, 3.05) is 39.3 Å². The van der Waals surface area contributed by atoms with Gasteiger partial charge in [-0.25, -0.2) is 4.58 Å². The minimum atomic E-state index is 0.669. The van der Waals surface area contributed by atoms with Crippen molar-refractivity contribution >= 4 is 5.71 Å². The summed E-state index contributed by atoms with van der Waals surface area (Å²) in [5, 5.41) is 0. The van der Waals surface area contributed by atoms with Gasteiger partial charge in [0.05, 0.1) is 0 Å². The van der Waals surface area contributed by atoms with Gasteiger partial charge in [0.25, 0.3) is 0 Å². The average Bonchev–Trinajstić information content (AvgIpc) is 3.17. The standard InChI is InChI=1S/C17H36N3/c1-7-13-20(14-8-2)17-15(18(9-3)10-4)16(17)19(11-5)12-6/h15-16H,7-14H2,1-6H3/q+1. The molecule has 0 aromatic heterocycles. The van der Waals surface area contributed by atoms with Crippen LogP contribution < -0.4 is 0 Å². The van der Waals surface area contributed by atoms with Crippen LogP contribution in [0, 0.1) is 0 Å². The molecule has 1 aliphatic carbocycles. The van der Waals surface area contributed by atoms with Crippen molar-refractivity contribution in [3.05, 3.63) is 0 Å². The quantitative estimate of drug-likeness (QED) is 0.570. The van der Waals surface area contributed by atoms with Gasteiger partial charge in [-0.05, 0) is 26.2 Å². The molecule has 20 heavy (non-hydrogen) atoms. The zero-order chi connectivity index (χ0) is 15.1. The smallest absolute Gasteiger partial charge is 0.191 e. The molecule has 118 valence electrons. The third-order valence-corrected chi connectivity index (χ3v) is 4.56. The van der Waals surface area contributed by atoms with Crippen LogP contribution in [0.3, 0.4) is 0 Å². The topological polar surface area (TPSA) is 9.49 Å². The van der Waals surface area contributed by atoms with Crippen LogP contribution in [-0.4, -0.2) is 71.4 Å². The Kier molecular flexibility index (Phi) is 7.75. The summed E-state index contributed by atoms with van der Waals surface area (Å²) in [5.74, 6) is 0. The average molecular weight is 282 g/mol. The largest absolute Gasteiger partial charge is 0.290 e. The first kappa shape index (κ1) is 17.6. The fourth-order valence-electron chi connectivity index (χ4n) is 3.51. The van der Waals surface area contributed by atoms with Crippen LogP contribution in [-0.2, 0) is 0 Å². The van der Waals surface area contributed by atoms with Gasteiger partial charge in [-0.1, -0.05) is 41.5 Å². The number of hydrogen-bond donors (Lipinski definition) is 0. The Bertz CT molecular complexity index is 275. The molecule has 0 aromatic carbocycles. The fraction of sp³-hybridized carbons (Fsp3) is 0.941. The van der Waals surface area contributed by atoms with Gasteiger partial charge in [0.1, 0.15) is 25.2 Å². The van der Waals surface area contributed by atoms with Crippen molar-refractivity contribution < 1.29 is 4.58 Å². The summed E-state index contributed by atoms with van der Waals surface area (Å²) >= 11 is 0. The summed E-state index contributed by atoms with van der Waals surface area (Å²) in [6, 6.07) is 1.34. The summed E-state index contributed by atoms with van der Waals surface area (Å²) in [4.78, 5) is 5.27. The van der Waals surface area contributed by atoms with Crippen molar-refractivity contribution in [1.82, 2.24) is 9.80 Å². The van der Waals surface area contributed by atoms with Crippen molar-refractivity contribution in [3.63, 3.8) is 0 Å². The molecule has 0 aliphatic heterocycles. The number of hydrogen-bond acceptors (Lipinski definition) is 2. The van der Waals surface area contributed by atoms with Crippen LogP contribution in [0.15, 0.2) is 0 Å². The van der Waals surface area contributed by atoms with Gasteiger partial charge < -0.3 is 0 Å². The lowest BCUT2D eigenvalue weighted by atomic mass is 10.4. The van der Waals surface area contributed by atoms with Crippen LogP contribution >= 0.6 is 0 Å². The molecule has 0 N–H and O–H groups in total. The fourth-order valence-corrected chi connectivity index (χ4v) is 3.51. The second-order valence-corrected chi connectivity index (χ2v) is 5.74. The van der Waals surface area contributed by atoms with Crippen LogP contribution in [0.25, 0.3) is 0 Å². The van der Waals surface area contributed by atoms with E-state index in [9.17, 15) is 0 Å². The Morgan fingerprint density at radius 1 is 0.700 bits per heavy atom. The number of nitrogens with zero attached hydrogens (tertiary/aromatic N) is 3. The van der Waals surface area contributed by atoms with Crippen molar-refractivity contribution in [2.45, 2.75) is 66.5 Å². The molecular formula is C17H36N3+. The van der Waals surface area contributed by atoms with E-state index in [2.05, 4.69) is 55.9 Å². The Morgan fingerprint density at radius 2 is 1.05 bits per heavy atom. The van der Waals surface area contributed by atoms with Gasteiger partial charge in [0.2, 0.25) is 0 Å². The monoisotopic (exact) mass is 282 g/mol. The van der Waals surface area contributed by atoms with Gasteiger partial charge in [0, 0.05) is 12.8 Å². The van der Waals surface area contributed by atoms with E-state index in [1.165, 1.54) is 25.9 Å². The van der Waals surface area contributed by atoms with Crippen molar-refractivity contribution in [1.29, 1.82) is 0 Å². The zero-order valence-corrected chi connectivity index (χ0v) is 14.7. The zero-order valence-electron chi connectivity index (χ0n) is 14.7. The third kappa shape index (κ3) is 3.82. The predicted octanol–water partition coefficient (Wildman–Crippen LogP) is 2.69. The summed E-state index contributed by atoms with van der Waals surface area (Å²) in [6.07, 6.45) is 2.50. The lowest BCUT2D eigenvalue weighted by Crippen LogP contribution is -2.34. The first-order chi connectivity index (χ1) is 9.69.